The van der Waals surface area contributed by atoms with Crippen molar-refractivity contribution in [2.75, 3.05) is 19.6 Å². The van der Waals surface area contributed by atoms with E-state index in [4.69, 9.17) is 11.5 Å². The van der Waals surface area contributed by atoms with E-state index in [1.807, 2.05) is 12.2 Å². The normalized spacial score (nSPS) is 33.1. The minimum absolute atomic E-state index is 0.282. The van der Waals surface area contributed by atoms with E-state index in [2.05, 4.69) is 4.90 Å². The maximum Gasteiger partial charge on any atom is 0.225 e. The van der Waals surface area contributed by atoms with E-state index in [1.54, 1.807) is 0 Å². The van der Waals surface area contributed by atoms with Crippen molar-refractivity contribution in [2.24, 2.45) is 39.5 Å². The highest BCUT2D eigenvalue weighted by Crippen LogP contribution is 2.81. The van der Waals surface area contributed by atoms with Crippen LogP contribution in [0.4, 0.5) is 13.2 Å². The number of unbranched alkanes of at least 4 members (excludes halogenated alkanes) is 1. The number of halogens is 3. The van der Waals surface area contributed by atoms with Gasteiger partial charge >= 0.3 is 0 Å². The highest BCUT2D eigenvalue weighted by Gasteiger charge is 2.81. The number of hydrogen-bond acceptors (Lipinski definition) is 3. The van der Waals surface area contributed by atoms with E-state index in [0.29, 0.717) is 18.9 Å². The Morgan fingerprint density at radius 1 is 0.941 bits per heavy atom. The Balaban J connectivity index is 1.55. The minimum atomic E-state index is -1.54. The van der Waals surface area contributed by atoms with Crippen LogP contribution in [0.1, 0.15) is 50.5 Å². The molecule has 1 saturated heterocycles. The lowest BCUT2D eigenvalue weighted by Gasteiger charge is -2.48. The molecule has 1 spiro atoms. The molecule has 2 bridgehead atoms. The molecule has 0 aromatic heterocycles. The predicted molar refractivity (Wildman–Crippen MR) is 121 cm³/mol. The van der Waals surface area contributed by atoms with Crippen LogP contribution in [0.25, 0.3) is 0 Å². The number of primary amides is 2. The molecule has 1 aliphatic heterocycles. The summed E-state index contributed by atoms with van der Waals surface area (Å²) in [6.07, 6.45) is 9.35. The number of allylic oxidation sites excluding steroid dienone is 2. The summed E-state index contributed by atoms with van der Waals surface area (Å²) in [6, 6.07) is 1.37. The van der Waals surface area contributed by atoms with Crippen molar-refractivity contribution in [3.05, 3.63) is 47.3 Å². The zero-order chi connectivity index (χ0) is 24.3. The lowest BCUT2D eigenvalue weighted by Crippen LogP contribution is -2.60. The molecule has 3 aliphatic carbocycles. The molecule has 1 aromatic rings. The lowest BCUT2D eigenvalue weighted by atomic mass is 9.53. The van der Waals surface area contributed by atoms with Gasteiger partial charge in [0, 0.05) is 6.07 Å². The molecule has 8 heteroatoms. The summed E-state index contributed by atoms with van der Waals surface area (Å²) in [5, 5.41) is 0. The number of likely N-dealkylation sites (tertiary alicyclic amines) is 1. The highest BCUT2D eigenvalue weighted by atomic mass is 19.2. The van der Waals surface area contributed by atoms with Gasteiger partial charge < -0.3 is 16.4 Å². The second kappa shape index (κ2) is 8.11. The van der Waals surface area contributed by atoms with Crippen LogP contribution in [0.15, 0.2) is 24.3 Å². The quantitative estimate of drug-likeness (QED) is 0.326. The Labute approximate surface area is 197 Å². The number of carbonyl (C=O) groups is 2. The first-order valence-corrected chi connectivity index (χ1v) is 12.3. The van der Waals surface area contributed by atoms with Crippen molar-refractivity contribution in [3.63, 3.8) is 0 Å². The number of nitrogens with zero attached hydrogens (tertiary/aromatic N) is 1. The number of carbonyl (C=O) groups excluding carboxylic acids is 2. The molecule has 2 amide bonds. The molecule has 4 atom stereocenters. The molecule has 34 heavy (non-hydrogen) atoms. The minimum Gasteiger partial charge on any atom is -0.369 e. The molecule has 5 rings (SSSR count). The third-order valence-electron chi connectivity index (χ3n) is 9.33. The zero-order valence-electron chi connectivity index (χ0n) is 19.3. The van der Waals surface area contributed by atoms with Gasteiger partial charge in [-0.15, -0.1) is 0 Å². The van der Waals surface area contributed by atoms with Crippen molar-refractivity contribution < 1.29 is 22.8 Å². The van der Waals surface area contributed by atoms with Crippen molar-refractivity contribution >= 4 is 11.8 Å². The molecular weight excluding hydrogens is 443 g/mol. The average molecular weight is 476 g/mol. The molecule has 2 saturated carbocycles. The fraction of sp³-hybridized carbons (Fsp3) is 0.615. The third kappa shape index (κ3) is 3.10. The van der Waals surface area contributed by atoms with Crippen molar-refractivity contribution in [3.8, 4) is 0 Å². The smallest absolute Gasteiger partial charge is 0.225 e. The van der Waals surface area contributed by atoms with Gasteiger partial charge in [-0.2, -0.15) is 0 Å². The predicted octanol–water partition coefficient (Wildman–Crippen LogP) is 3.45. The molecule has 4 N–H and O–H groups in total. The van der Waals surface area contributed by atoms with E-state index in [9.17, 15) is 22.8 Å². The van der Waals surface area contributed by atoms with Crippen LogP contribution in [-0.4, -0.2) is 36.3 Å². The number of hydrogen-bond donors (Lipinski definition) is 2. The second-order valence-electron chi connectivity index (χ2n) is 10.8. The topological polar surface area (TPSA) is 89.4 Å². The van der Waals surface area contributed by atoms with E-state index in [1.165, 1.54) is 12.8 Å². The molecule has 0 radical (unpaired) electrons. The van der Waals surface area contributed by atoms with Crippen LogP contribution >= 0.6 is 0 Å². The van der Waals surface area contributed by atoms with Gasteiger partial charge in [0.15, 0.2) is 11.6 Å². The van der Waals surface area contributed by atoms with Gasteiger partial charge in [0.1, 0.15) is 5.82 Å². The first-order chi connectivity index (χ1) is 16.2. The summed E-state index contributed by atoms with van der Waals surface area (Å²) in [6.45, 7) is 3.03. The summed E-state index contributed by atoms with van der Waals surface area (Å²) in [7, 11) is 0. The molecular formula is C26H32F3N3O2. The fourth-order valence-electron chi connectivity index (χ4n) is 7.82. The summed E-state index contributed by atoms with van der Waals surface area (Å²) in [4.78, 5) is 29.1. The standard InChI is InChI=1S/C26H32F3N3O2/c27-17-13-16(21(29)18(28)14-17)15-26(23(31)34)20-6-5-19(24(20)8-9-24)25(26,22(30)33)7-1-2-10-32-11-3-4-12-32/h5-6,13-14,19-20H,1-4,7-12,15H2,(H2,30,33)(H2,31,34)/t19-,20+,25+,26+/m1/s1. The Morgan fingerprint density at radius 3 is 2.15 bits per heavy atom. The van der Waals surface area contributed by atoms with Gasteiger partial charge in [0.25, 0.3) is 0 Å². The molecule has 5 nitrogen and oxygen atoms in total. The van der Waals surface area contributed by atoms with Gasteiger partial charge in [-0.25, -0.2) is 13.2 Å². The summed E-state index contributed by atoms with van der Waals surface area (Å²) in [5.41, 5.74) is 8.70. The van der Waals surface area contributed by atoms with Crippen LogP contribution in [-0.2, 0) is 16.0 Å². The number of rotatable bonds is 9. The second-order valence-corrected chi connectivity index (χ2v) is 10.8. The van der Waals surface area contributed by atoms with Crippen molar-refractivity contribution in [1.29, 1.82) is 0 Å². The van der Waals surface area contributed by atoms with Crippen LogP contribution in [0, 0.1) is 45.5 Å². The van der Waals surface area contributed by atoms with E-state index < -0.39 is 46.0 Å². The highest BCUT2D eigenvalue weighted by molar-refractivity contribution is 5.95. The Bertz CT molecular complexity index is 1050. The van der Waals surface area contributed by atoms with Crippen molar-refractivity contribution in [2.45, 2.75) is 51.4 Å². The summed E-state index contributed by atoms with van der Waals surface area (Å²) in [5.74, 6) is -5.58. The maximum atomic E-state index is 14.8. The lowest BCUT2D eigenvalue weighted by molar-refractivity contribution is -0.151. The molecule has 3 fully saturated rings. The van der Waals surface area contributed by atoms with Gasteiger partial charge in [-0.05, 0) is 93.5 Å². The van der Waals surface area contributed by atoms with Crippen LogP contribution in [0.3, 0.4) is 0 Å². The maximum absolute atomic E-state index is 14.8. The number of benzene rings is 1. The number of nitrogens with two attached hydrogens (primary N) is 2. The Hall–Kier alpha value is -2.35. The van der Waals surface area contributed by atoms with Crippen LogP contribution in [0.5, 0.6) is 0 Å². The number of amides is 2. The summed E-state index contributed by atoms with van der Waals surface area (Å²) >= 11 is 0. The van der Waals surface area contributed by atoms with E-state index in [-0.39, 0.29) is 23.3 Å². The first kappa shape index (κ1) is 23.4. The van der Waals surface area contributed by atoms with Gasteiger partial charge in [-0.3, -0.25) is 9.59 Å². The first-order valence-electron chi connectivity index (χ1n) is 12.3. The van der Waals surface area contributed by atoms with Crippen molar-refractivity contribution in [1.82, 2.24) is 4.90 Å². The molecule has 184 valence electrons. The SMILES string of the molecule is NC(=O)[C@]1(CCCCN2CCCC2)[C@@H]2C=C[C@@H](C23CC3)[C@@]1(Cc1cc(F)cc(F)c1F)C(N)=O. The zero-order valence-corrected chi connectivity index (χ0v) is 19.3. The molecule has 4 aliphatic rings. The Kier molecular flexibility index (Phi) is 5.58. The largest absolute Gasteiger partial charge is 0.369 e. The average Bonchev–Trinajstić information content (AvgIpc) is 3.15. The third-order valence-corrected chi connectivity index (χ3v) is 9.33. The van der Waals surface area contributed by atoms with Gasteiger partial charge in [0.2, 0.25) is 11.8 Å². The van der Waals surface area contributed by atoms with E-state index in [0.717, 1.165) is 45.0 Å². The molecule has 1 heterocycles. The monoisotopic (exact) mass is 475 g/mol. The van der Waals surface area contributed by atoms with E-state index >= 15 is 0 Å². The van der Waals surface area contributed by atoms with Gasteiger partial charge in [0.05, 0.1) is 10.8 Å². The van der Waals surface area contributed by atoms with Gasteiger partial charge in [-0.1, -0.05) is 18.6 Å². The summed E-state index contributed by atoms with van der Waals surface area (Å²) < 4.78 is 43.0. The molecule has 0 unspecified atom stereocenters. The molecule has 1 aromatic carbocycles. The Morgan fingerprint density at radius 2 is 1.56 bits per heavy atom. The van der Waals surface area contributed by atoms with Crippen LogP contribution < -0.4 is 11.5 Å². The fourth-order valence-corrected chi connectivity index (χ4v) is 7.82. The van der Waals surface area contributed by atoms with Crippen LogP contribution in [0.2, 0.25) is 0 Å².